The highest BCUT2D eigenvalue weighted by Crippen LogP contribution is 2.26. The van der Waals surface area contributed by atoms with Crippen LogP contribution < -0.4 is 0 Å². The van der Waals surface area contributed by atoms with Crippen molar-refractivity contribution in [3.63, 3.8) is 0 Å². The molecule has 5 heteroatoms. The fourth-order valence-electron chi connectivity index (χ4n) is 2.41. The van der Waals surface area contributed by atoms with Crippen molar-refractivity contribution >= 4 is 11.6 Å². The zero-order valence-electron chi connectivity index (χ0n) is 11.5. The highest BCUT2D eigenvalue weighted by Gasteiger charge is 2.16. The number of aryl methyl sites for hydroxylation is 3. The van der Waals surface area contributed by atoms with Gasteiger partial charge in [0.25, 0.3) is 0 Å². The molecule has 0 radical (unpaired) electrons. The molecule has 0 aromatic carbocycles. The van der Waals surface area contributed by atoms with Crippen LogP contribution in [0, 0.1) is 20.8 Å². The van der Waals surface area contributed by atoms with Gasteiger partial charge < -0.3 is 0 Å². The lowest BCUT2D eigenvalue weighted by Gasteiger charge is -2.06. The second-order valence-electron chi connectivity index (χ2n) is 4.76. The Labute approximate surface area is 113 Å². The smallest absolute Gasteiger partial charge is 0.0831 e. The van der Waals surface area contributed by atoms with Crippen molar-refractivity contribution in [2.24, 2.45) is 7.05 Å². The van der Waals surface area contributed by atoms with Crippen molar-refractivity contribution in [1.29, 1.82) is 0 Å². The predicted octanol–water partition coefficient (Wildman–Crippen LogP) is 2.89. The number of nitrogens with zero attached hydrogens (tertiary/aromatic N) is 4. The SMILES string of the molecule is Cc1cc(Cn2nc(C)c(C(C)Cl)c2C)n(C)n1. The van der Waals surface area contributed by atoms with E-state index < -0.39 is 0 Å². The standard InChI is InChI=1S/C13H19ClN4/c1-8-6-12(17(5)15-8)7-18-11(4)13(9(2)14)10(3)16-18/h6,9H,7H2,1-5H3. The summed E-state index contributed by atoms with van der Waals surface area (Å²) in [4.78, 5) is 0. The van der Waals surface area contributed by atoms with Crippen molar-refractivity contribution in [1.82, 2.24) is 19.6 Å². The van der Waals surface area contributed by atoms with E-state index in [0.717, 1.165) is 34.9 Å². The van der Waals surface area contributed by atoms with Crippen LogP contribution in [0.1, 0.15) is 40.6 Å². The minimum Gasteiger partial charge on any atom is -0.270 e. The molecule has 4 nitrogen and oxygen atoms in total. The van der Waals surface area contributed by atoms with Crippen molar-refractivity contribution < 1.29 is 0 Å². The fraction of sp³-hybridized carbons (Fsp3) is 0.538. The molecule has 0 saturated carbocycles. The highest BCUT2D eigenvalue weighted by molar-refractivity contribution is 6.20. The summed E-state index contributed by atoms with van der Waals surface area (Å²) in [5.41, 5.74) is 5.45. The molecule has 0 N–H and O–H groups in total. The lowest BCUT2D eigenvalue weighted by atomic mass is 10.1. The van der Waals surface area contributed by atoms with E-state index >= 15 is 0 Å². The Morgan fingerprint density at radius 2 is 1.94 bits per heavy atom. The van der Waals surface area contributed by atoms with E-state index in [-0.39, 0.29) is 5.38 Å². The Morgan fingerprint density at radius 1 is 1.28 bits per heavy atom. The molecule has 0 aliphatic carbocycles. The van der Waals surface area contributed by atoms with Crippen LogP contribution >= 0.6 is 11.6 Å². The van der Waals surface area contributed by atoms with Gasteiger partial charge >= 0.3 is 0 Å². The maximum absolute atomic E-state index is 6.19. The third-order valence-corrected chi connectivity index (χ3v) is 3.46. The second-order valence-corrected chi connectivity index (χ2v) is 5.41. The molecule has 2 aromatic rings. The Balaban J connectivity index is 2.36. The molecule has 2 aromatic heterocycles. The first-order valence-electron chi connectivity index (χ1n) is 6.07. The van der Waals surface area contributed by atoms with E-state index in [2.05, 4.69) is 23.2 Å². The van der Waals surface area contributed by atoms with Crippen LogP contribution in [0.5, 0.6) is 0 Å². The molecule has 0 bridgehead atoms. The largest absolute Gasteiger partial charge is 0.270 e. The molecule has 0 spiro atoms. The molecule has 0 saturated heterocycles. The topological polar surface area (TPSA) is 35.6 Å². The summed E-state index contributed by atoms with van der Waals surface area (Å²) in [6, 6.07) is 2.08. The third-order valence-electron chi connectivity index (χ3n) is 3.25. The van der Waals surface area contributed by atoms with Gasteiger partial charge in [-0.3, -0.25) is 9.36 Å². The number of halogens is 1. The van der Waals surface area contributed by atoms with Gasteiger partial charge in [-0.2, -0.15) is 10.2 Å². The average Bonchev–Trinajstić information content (AvgIpc) is 2.69. The first kappa shape index (κ1) is 13.1. The summed E-state index contributed by atoms with van der Waals surface area (Å²) < 4.78 is 3.90. The minimum absolute atomic E-state index is 0.00739. The van der Waals surface area contributed by atoms with Crippen LogP contribution in [0.3, 0.4) is 0 Å². The molecular weight excluding hydrogens is 248 g/mol. The van der Waals surface area contributed by atoms with E-state index in [9.17, 15) is 0 Å². The van der Waals surface area contributed by atoms with Gasteiger partial charge in [0.1, 0.15) is 0 Å². The summed E-state index contributed by atoms with van der Waals surface area (Å²) in [5, 5.41) is 8.91. The van der Waals surface area contributed by atoms with Crippen molar-refractivity contribution in [3.8, 4) is 0 Å². The second kappa shape index (κ2) is 4.76. The molecular formula is C13H19ClN4. The number of aromatic nitrogens is 4. The molecule has 18 heavy (non-hydrogen) atoms. The van der Waals surface area contributed by atoms with Gasteiger partial charge in [0.15, 0.2) is 0 Å². The fourth-order valence-corrected chi connectivity index (χ4v) is 2.72. The Hall–Kier alpha value is -1.29. The van der Waals surface area contributed by atoms with E-state index in [4.69, 9.17) is 11.6 Å². The van der Waals surface area contributed by atoms with E-state index in [1.807, 2.05) is 37.2 Å². The van der Waals surface area contributed by atoms with Crippen molar-refractivity contribution in [2.45, 2.75) is 39.6 Å². The molecule has 0 aliphatic rings. The number of alkyl halides is 1. The average molecular weight is 267 g/mol. The number of rotatable bonds is 3. The molecule has 0 aliphatic heterocycles. The number of hydrogen-bond donors (Lipinski definition) is 0. The highest BCUT2D eigenvalue weighted by atomic mass is 35.5. The normalized spacial score (nSPS) is 13.0. The zero-order valence-corrected chi connectivity index (χ0v) is 12.3. The van der Waals surface area contributed by atoms with Gasteiger partial charge in [0, 0.05) is 18.3 Å². The molecule has 98 valence electrons. The van der Waals surface area contributed by atoms with Crippen LogP contribution in [0.4, 0.5) is 0 Å². The van der Waals surface area contributed by atoms with Gasteiger partial charge in [-0.05, 0) is 33.8 Å². The first-order chi connectivity index (χ1) is 8.40. The van der Waals surface area contributed by atoms with Gasteiger partial charge in [-0.25, -0.2) is 0 Å². The van der Waals surface area contributed by atoms with Crippen LogP contribution in [0.25, 0.3) is 0 Å². The maximum atomic E-state index is 6.19. The quantitative estimate of drug-likeness (QED) is 0.801. The maximum Gasteiger partial charge on any atom is 0.0831 e. The monoisotopic (exact) mass is 266 g/mol. The zero-order chi connectivity index (χ0) is 13.4. The molecule has 1 unspecified atom stereocenters. The van der Waals surface area contributed by atoms with E-state index in [0.29, 0.717) is 0 Å². The first-order valence-corrected chi connectivity index (χ1v) is 6.51. The van der Waals surface area contributed by atoms with Crippen LogP contribution in [-0.4, -0.2) is 19.6 Å². The summed E-state index contributed by atoms with van der Waals surface area (Å²) in [5.74, 6) is 0. The predicted molar refractivity (Wildman–Crippen MR) is 73.0 cm³/mol. The lowest BCUT2D eigenvalue weighted by Crippen LogP contribution is -2.08. The van der Waals surface area contributed by atoms with Gasteiger partial charge in [-0.15, -0.1) is 11.6 Å². The number of hydrogen-bond acceptors (Lipinski definition) is 2. The molecule has 0 amide bonds. The minimum atomic E-state index is -0.00739. The third kappa shape index (κ3) is 2.29. The Bertz CT molecular complexity index is 566. The summed E-state index contributed by atoms with van der Waals surface area (Å²) in [6.07, 6.45) is 0. The van der Waals surface area contributed by atoms with Crippen LogP contribution in [0.15, 0.2) is 6.07 Å². The van der Waals surface area contributed by atoms with Crippen LogP contribution in [-0.2, 0) is 13.6 Å². The van der Waals surface area contributed by atoms with E-state index in [1.165, 1.54) is 0 Å². The van der Waals surface area contributed by atoms with Crippen LogP contribution in [0.2, 0.25) is 0 Å². The van der Waals surface area contributed by atoms with Crippen molar-refractivity contribution in [2.75, 3.05) is 0 Å². The van der Waals surface area contributed by atoms with E-state index in [1.54, 1.807) is 0 Å². The van der Waals surface area contributed by atoms with Gasteiger partial charge in [0.05, 0.1) is 29.0 Å². The molecule has 2 rings (SSSR count). The molecule has 0 fully saturated rings. The molecule has 2 heterocycles. The Kier molecular flexibility index (Phi) is 3.48. The van der Waals surface area contributed by atoms with Gasteiger partial charge in [0.2, 0.25) is 0 Å². The van der Waals surface area contributed by atoms with Crippen molar-refractivity contribution in [3.05, 3.63) is 34.4 Å². The Morgan fingerprint density at radius 3 is 2.39 bits per heavy atom. The molecule has 1 atom stereocenters. The van der Waals surface area contributed by atoms with Gasteiger partial charge in [-0.1, -0.05) is 0 Å². The summed E-state index contributed by atoms with van der Waals surface area (Å²) >= 11 is 6.19. The summed E-state index contributed by atoms with van der Waals surface area (Å²) in [6.45, 7) is 8.78. The summed E-state index contributed by atoms with van der Waals surface area (Å²) in [7, 11) is 1.96. The lowest BCUT2D eigenvalue weighted by molar-refractivity contribution is 0.603.